The normalized spacial score (nSPS) is 21.2. The van der Waals surface area contributed by atoms with Crippen LogP contribution in [0.25, 0.3) is 5.65 Å². The molecule has 0 saturated carbocycles. The molecule has 0 bridgehead atoms. The first-order chi connectivity index (χ1) is 8.80. The van der Waals surface area contributed by atoms with Gasteiger partial charge in [0.2, 0.25) is 0 Å². The van der Waals surface area contributed by atoms with Gasteiger partial charge in [0.15, 0.2) is 5.65 Å². The van der Waals surface area contributed by atoms with Crippen LogP contribution < -0.4 is 5.59 Å². The fraction of sp³-hybridized carbons (Fsp3) is 0.538. The highest BCUT2D eigenvalue weighted by atomic mass is 16.7. The second kappa shape index (κ2) is 3.80. The third-order valence-corrected chi connectivity index (χ3v) is 4.09. The SMILES string of the molecule is Cc1cc2nccn2nc1B1OC(C)(C)C(C)(C)O1. The minimum absolute atomic E-state index is 0.352. The van der Waals surface area contributed by atoms with Crippen LogP contribution in [0.4, 0.5) is 0 Å². The maximum Gasteiger partial charge on any atom is 0.516 e. The second-order valence-electron chi connectivity index (χ2n) is 6.03. The van der Waals surface area contributed by atoms with Crippen molar-refractivity contribution in [3.8, 4) is 0 Å². The van der Waals surface area contributed by atoms with Crippen LogP contribution >= 0.6 is 0 Å². The summed E-state index contributed by atoms with van der Waals surface area (Å²) >= 11 is 0. The summed E-state index contributed by atoms with van der Waals surface area (Å²) in [5.41, 5.74) is 1.96. The van der Waals surface area contributed by atoms with Crippen LogP contribution in [-0.4, -0.2) is 32.9 Å². The number of nitrogens with zero attached hydrogens (tertiary/aromatic N) is 3. The smallest absolute Gasteiger partial charge is 0.398 e. The number of fused-ring (bicyclic) bond motifs is 1. The molecule has 0 spiro atoms. The van der Waals surface area contributed by atoms with E-state index in [4.69, 9.17) is 9.31 Å². The molecule has 0 N–H and O–H groups in total. The molecule has 0 radical (unpaired) electrons. The maximum absolute atomic E-state index is 6.04. The number of hydrogen-bond acceptors (Lipinski definition) is 4. The van der Waals surface area contributed by atoms with Crippen LogP contribution in [0.5, 0.6) is 0 Å². The van der Waals surface area contributed by atoms with Gasteiger partial charge < -0.3 is 9.31 Å². The van der Waals surface area contributed by atoms with Gasteiger partial charge in [-0.2, -0.15) is 5.10 Å². The van der Waals surface area contributed by atoms with Crippen molar-refractivity contribution in [2.75, 3.05) is 0 Å². The van der Waals surface area contributed by atoms with Gasteiger partial charge in [0, 0.05) is 12.4 Å². The minimum Gasteiger partial charge on any atom is -0.398 e. The molecular formula is C13H18BN3O2. The second-order valence-corrected chi connectivity index (χ2v) is 6.03. The van der Waals surface area contributed by atoms with Gasteiger partial charge in [-0.1, -0.05) is 0 Å². The Morgan fingerprint density at radius 3 is 2.42 bits per heavy atom. The van der Waals surface area contributed by atoms with Gasteiger partial charge >= 0.3 is 7.12 Å². The van der Waals surface area contributed by atoms with E-state index in [2.05, 4.69) is 10.1 Å². The lowest BCUT2D eigenvalue weighted by Crippen LogP contribution is -2.41. The summed E-state index contributed by atoms with van der Waals surface area (Å²) < 4.78 is 13.8. The van der Waals surface area contributed by atoms with E-state index < -0.39 is 7.12 Å². The predicted octanol–water partition coefficient (Wildman–Crippen LogP) is 1.34. The molecule has 0 aromatic carbocycles. The third-order valence-electron chi connectivity index (χ3n) is 4.09. The highest BCUT2D eigenvalue weighted by molar-refractivity contribution is 6.61. The van der Waals surface area contributed by atoms with Crippen LogP contribution in [0.2, 0.25) is 0 Å². The molecule has 2 aromatic heterocycles. The molecule has 100 valence electrons. The average molecular weight is 259 g/mol. The molecule has 0 atom stereocenters. The maximum atomic E-state index is 6.04. The number of rotatable bonds is 1. The molecule has 19 heavy (non-hydrogen) atoms. The van der Waals surface area contributed by atoms with Crippen molar-refractivity contribution in [3.05, 3.63) is 24.0 Å². The van der Waals surface area contributed by atoms with Crippen LogP contribution in [0, 0.1) is 6.92 Å². The molecule has 3 rings (SSSR count). The number of imidazole rings is 1. The Kier molecular flexibility index (Phi) is 2.53. The average Bonchev–Trinajstić information content (AvgIpc) is 2.80. The molecule has 5 nitrogen and oxygen atoms in total. The summed E-state index contributed by atoms with van der Waals surface area (Å²) in [6.45, 7) is 10.2. The summed E-state index contributed by atoms with van der Waals surface area (Å²) in [7, 11) is -0.434. The van der Waals surface area contributed by atoms with Crippen LogP contribution in [0.3, 0.4) is 0 Å². The van der Waals surface area contributed by atoms with Crippen molar-refractivity contribution < 1.29 is 9.31 Å². The Morgan fingerprint density at radius 2 is 1.79 bits per heavy atom. The summed E-state index contributed by atoms with van der Waals surface area (Å²) in [5.74, 6) is 0. The number of hydrogen-bond donors (Lipinski definition) is 0. The molecule has 0 amide bonds. The first kappa shape index (κ1) is 12.6. The van der Waals surface area contributed by atoms with Crippen molar-refractivity contribution in [3.63, 3.8) is 0 Å². The Hall–Kier alpha value is -1.40. The number of aromatic nitrogens is 3. The Morgan fingerprint density at radius 1 is 1.16 bits per heavy atom. The fourth-order valence-electron chi connectivity index (χ4n) is 2.15. The third kappa shape index (κ3) is 1.86. The predicted molar refractivity (Wildman–Crippen MR) is 73.4 cm³/mol. The summed E-state index contributed by atoms with van der Waals surface area (Å²) in [6.07, 6.45) is 3.55. The monoisotopic (exact) mass is 259 g/mol. The van der Waals surface area contributed by atoms with E-state index in [0.29, 0.717) is 0 Å². The molecule has 0 unspecified atom stereocenters. The summed E-state index contributed by atoms with van der Waals surface area (Å²) in [6, 6.07) is 1.99. The van der Waals surface area contributed by atoms with Gasteiger partial charge in [-0.3, -0.25) is 0 Å². The lowest BCUT2D eigenvalue weighted by atomic mass is 9.81. The van der Waals surface area contributed by atoms with Crippen molar-refractivity contribution in [2.45, 2.75) is 45.8 Å². The van der Waals surface area contributed by atoms with E-state index in [1.165, 1.54) is 0 Å². The molecule has 1 saturated heterocycles. The van der Waals surface area contributed by atoms with Gasteiger partial charge in [-0.05, 0) is 46.2 Å². The minimum atomic E-state index is -0.434. The molecule has 0 aliphatic carbocycles. The van der Waals surface area contributed by atoms with E-state index >= 15 is 0 Å². The van der Waals surface area contributed by atoms with E-state index in [1.807, 2.05) is 46.9 Å². The van der Waals surface area contributed by atoms with E-state index in [-0.39, 0.29) is 11.2 Å². The molecular weight excluding hydrogens is 241 g/mol. The van der Waals surface area contributed by atoms with Crippen LogP contribution in [0.1, 0.15) is 33.3 Å². The first-order valence-corrected chi connectivity index (χ1v) is 6.47. The highest BCUT2D eigenvalue weighted by Gasteiger charge is 2.52. The molecule has 1 aliphatic rings. The van der Waals surface area contributed by atoms with Crippen molar-refractivity contribution >= 4 is 18.4 Å². The van der Waals surface area contributed by atoms with Crippen molar-refractivity contribution in [2.24, 2.45) is 0 Å². The molecule has 2 aromatic rings. The van der Waals surface area contributed by atoms with Gasteiger partial charge in [0.25, 0.3) is 0 Å². The zero-order chi connectivity index (χ0) is 13.8. The quantitative estimate of drug-likeness (QED) is 0.725. The van der Waals surface area contributed by atoms with Gasteiger partial charge in [-0.25, -0.2) is 9.50 Å². The van der Waals surface area contributed by atoms with Crippen LogP contribution in [-0.2, 0) is 9.31 Å². The van der Waals surface area contributed by atoms with Crippen molar-refractivity contribution in [1.29, 1.82) is 0 Å². The fourth-order valence-corrected chi connectivity index (χ4v) is 2.15. The molecule has 3 heterocycles. The van der Waals surface area contributed by atoms with Crippen LogP contribution in [0.15, 0.2) is 18.5 Å². The molecule has 1 aliphatic heterocycles. The van der Waals surface area contributed by atoms with E-state index in [1.54, 1.807) is 10.7 Å². The lowest BCUT2D eigenvalue weighted by molar-refractivity contribution is 0.00578. The zero-order valence-electron chi connectivity index (χ0n) is 12.0. The van der Waals surface area contributed by atoms with E-state index in [9.17, 15) is 0 Å². The lowest BCUT2D eigenvalue weighted by Gasteiger charge is -2.32. The first-order valence-electron chi connectivity index (χ1n) is 6.47. The Balaban J connectivity index is 2.04. The summed E-state index contributed by atoms with van der Waals surface area (Å²) in [4.78, 5) is 4.22. The van der Waals surface area contributed by atoms with Crippen molar-refractivity contribution in [1.82, 2.24) is 14.6 Å². The number of aryl methyl sites for hydroxylation is 1. The Bertz CT molecular complexity index is 620. The van der Waals surface area contributed by atoms with Gasteiger partial charge in [0.1, 0.15) is 0 Å². The summed E-state index contributed by atoms with van der Waals surface area (Å²) in [5, 5.41) is 4.55. The Labute approximate surface area is 113 Å². The largest absolute Gasteiger partial charge is 0.516 e. The topological polar surface area (TPSA) is 48.7 Å². The highest BCUT2D eigenvalue weighted by Crippen LogP contribution is 2.36. The van der Waals surface area contributed by atoms with Gasteiger partial charge in [-0.15, -0.1) is 0 Å². The zero-order valence-corrected chi connectivity index (χ0v) is 12.0. The standard InChI is InChI=1S/C13H18BN3O2/c1-9-8-10-15-6-7-17(10)16-11(9)14-18-12(2,3)13(4,5)19-14/h6-8H,1-5H3. The molecule has 1 fully saturated rings. The van der Waals surface area contributed by atoms with Gasteiger partial charge in [0.05, 0.1) is 16.8 Å². The van der Waals surface area contributed by atoms with E-state index in [0.717, 1.165) is 16.8 Å². The molecule has 6 heteroatoms.